The second kappa shape index (κ2) is 7.43. The molecule has 2 heterocycles. The first-order valence-corrected chi connectivity index (χ1v) is 9.51. The summed E-state index contributed by atoms with van der Waals surface area (Å²) < 4.78 is 5.27. The van der Waals surface area contributed by atoms with Crippen LogP contribution in [0.25, 0.3) is 22.9 Å². The van der Waals surface area contributed by atoms with Gasteiger partial charge in [0.1, 0.15) is 0 Å². The number of nitrogens with one attached hydrogen (secondary N) is 1. The molecule has 1 saturated carbocycles. The third-order valence-electron chi connectivity index (χ3n) is 4.02. The molecule has 5 nitrogen and oxygen atoms in total. The van der Waals surface area contributed by atoms with Crippen LogP contribution in [0, 0.1) is 5.92 Å². The van der Waals surface area contributed by atoms with Crippen LogP contribution in [0.15, 0.2) is 40.9 Å². The van der Waals surface area contributed by atoms with Gasteiger partial charge in [0.15, 0.2) is 0 Å². The van der Waals surface area contributed by atoms with Crippen LogP contribution in [-0.2, 0) is 11.3 Å². The number of aromatic nitrogens is 2. The summed E-state index contributed by atoms with van der Waals surface area (Å²) in [6, 6.07) is 11.5. The average molecular weight is 386 g/mol. The SMILES string of the molecule is O=C(NCc1ccc(-c2noc(/C=C/c3ccccc3Cl)n2)s1)C1CC1. The molecule has 0 radical (unpaired) electrons. The number of rotatable bonds is 6. The van der Waals surface area contributed by atoms with E-state index in [2.05, 4.69) is 15.5 Å². The van der Waals surface area contributed by atoms with E-state index in [1.54, 1.807) is 17.4 Å². The summed E-state index contributed by atoms with van der Waals surface area (Å²) in [7, 11) is 0. The molecule has 132 valence electrons. The van der Waals surface area contributed by atoms with E-state index in [1.165, 1.54) is 0 Å². The highest BCUT2D eigenvalue weighted by Gasteiger charge is 2.29. The van der Waals surface area contributed by atoms with Gasteiger partial charge in [-0.05, 0) is 42.7 Å². The van der Waals surface area contributed by atoms with Gasteiger partial charge in [-0.3, -0.25) is 4.79 Å². The zero-order valence-corrected chi connectivity index (χ0v) is 15.4. The summed E-state index contributed by atoms with van der Waals surface area (Å²) >= 11 is 7.67. The number of nitrogens with zero attached hydrogens (tertiary/aromatic N) is 2. The van der Waals surface area contributed by atoms with Crippen molar-refractivity contribution < 1.29 is 9.32 Å². The fourth-order valence-corrected chi connectivity index (χ4v) is 3.50. The Hall–Kier alpha value is -2.44. The zero-order valence-electron chi connectivity index (χ0n) is 13.8. The third-order valence-corrected chi connectivity index (χ3v) is 5.44. The molecular weight excluding hydrogens is 370 g/mol. The molecule has 0 saturated heterocycles. The lowest BCUT2D eigenvalue weighted by Crippen LogP contribution is -2.23. The van der Waals surface area contributed by atoms with Gasteiger partial charge in [0.2, 0.25) is 11.7 Å². The van der Waals surface area contributed by atoms with E-state index in [-0.39, 0.29) is 11.8 Å². The van der Waals surface area contributed by atoms with E-state index in [0.717, 1.165) is 28.2 Å². The Kier molecular flexibility index (Phi) is 4.86. The second-order valence-electron chi connectivity index (χ2n) is 6.07. The Balaban J connectivity index is 1.41. The maximum atomic E-state index is 11.7. The van der Waals surface area contributed by atoms with E-state index >= 15 is 0 Å². The van der Waals surface area contributed by atoms with Gasteiger partial charge >= 0.3 is 0 Å². The number of hydrogen-bond donors (Lipinski definition) is 1. The normalized spacial score (nSPS) is 14.0. The zero-order chi connectivity index (χ0) is 17.9. The Labute approximate surface area is 159 Å². The highest BCUT2D eigenvalue weighted by atomic mass is 35.5. The lowest BCUT2D eigenvalue weighted by atomic mass is 10.2. The minimum Gasteiger partial charge on any atom is -0.351 e. The molecule has 1 N–H and O–H groups in total. The van der Waals surface area contributed by atoms with Crippen molar-refractivity contribution in [2.45, 2.75) is 19.4 Å². The van der Waals surface area contributed by atoms with Crippen molar-refractivity contribution in [1.29, 1.82) is 0 Å². The maximum absolute atomic E-state index is 11.7. The molecule has 0 aliphatic heterocycles. The summed E-state index contributed by atoms with van der Waals surface area (Å²) in [5.74, 6) is 1.32. The van der Waals surface area contributed by atoms with Gasteiger partial charge in [-0.2, -0.15) is 4.98 Å². The largest absolute Gasteiger partial charge is 0.351 e. The Morgan fingerprint density at radius 3 is 2.92 bits per heavy atom. The molecule has 1 amide bonds. The van der Waals surface area contributed by atoms with Crippen LogP contribution in [0.4, 0.5) is 0 Å². The van der Waals surface area contributed by atoms with Gasteiger partial charge < -0.3 is 9.84 Å². The van der Waals surface area contributed by atoms with Crippen molar-refractivity contribution >= 4 is 41.0 Å². The minimum absolute atomic E-state index is 0.145. The Morgan fingerprint density at radius 2 is 2.12 bits per heavy atom. The van der Waals surface area contributed by atoms with Gasteiger partial charge in [-0.1, -0.05) is 35.0 Å². The minimum atomic E-state index is 0.145. The van der Waals surface area contributed by atoms with Crippen LogP contribution < -0.4 is 5.32 Å². The van der Waals surface area contributed by atoms with Gasteiger partial charge in [-0.15, -0.1) is 11.3 Å². The summed E-state index contributed by atoms with van der Waals surface area (Å²) in [5.41, 5.74) is 0.888. The molecular formula is C19H16ClN3O2S. The third kappa shape index (κ3) is 4.03. The highest BCUT2D eigenvalue weighted by molar-refractivity contribution is 7.15. The summed E-state index contributed by atoms with van der Waals surface area (Å²) in [6.45, 7) is 0.539. The second-order valence-corrected chi connectivity index (χ2v) is 7.64. The average Bonchev–Trinajstić information content (AvgIpc) is 3.21. The first kappa shape index (κ1) is 17.0. The van der Waals surface area contributed by atoms with Crippen LogP contribution in [-0.4, -0.2) is 16.0 Å². The fourth-order valence-electron chi connectivity index (χ4n) is 2.43. The molecule has 1 aromatic carbocycles. The standard InChI is InChI=1S/C19H16ClN3O2S/c20-15-4-2-1-3-12(15)7-10-17-22-18(23-25-17)16-9-8-14(26-16)11-21-19(24)13-5-6-13/h1-4,7-10,13H,5-6,11H2,(H,21,24)/b10-7+. The number of halogens is 1. The quantitative estimate of drug-likeness (QED) is 0.670. The first-order valence-electron chi connectivity index (χ1n) is 8.32. The van der Waals surface area contributed by atoms with Gasteiger partial charge in [0.25, 0.3) is 5.89 Å². The van der Waals surface area contributed by atoms with Crippen molar-refractivity contribution in [3.05, 3.63) is 57.8 Å². The molecule has 0 unspecified atom stereocenters. The molecule has 1 aliphatic carbocycles. The van der Waals surface area contributed by atoms with Gasteiger partial charge in [-0.25, -0.2) is 0 Å². The topological polar surface area (TPSA) is 68.0 Å². The predicted molar refractivity (Wildman–Crippen MR) is 103 cm³/mol. The molecule has 0 bridgehead atoms. The predicted octanol–water partition coefficient (Wildman–Crippen LogP) is 4.65. The van der Waals surface area contributed by atoms with Crippen LogP contribution in [0.5, 0.6) is 0 Å². The maximum Gasteiger partial charge on any atom is 0.250 e. The summed E-state index contributed by atoms with van der Waals surface area (Å²) in [4.78, 5) is 18.1. The molecule has 0 spiro atoms. The molecule has 3 aromatic rings. The number of thiophene rings is 1. The van der Waals surface area contributed by atoms with E-state index < -0.39 is 0 Å². The molecule has 1 fully saturated rings. The van der Waals surface area contributed by atoms with Crippen LogP contribution in [0.3, 0.4) is 0 Å². The van der Waals surface area contributed by atoms with E-state index in [1.807, 2.05) is 42.5 Å². The molecule has 0 atom stereocenters. The van der Waals surface area contributed by atoms with E-state index in [4.69, 9.17) is 16.1 Å². The molecule has 26 heavy (non-hydrogen) atoms. The monoisotopic (exact) mass is 385 g/mol. The fraction of sp³-hybridized carbons (Fsp3) is 0.211. The lowest BCUT2D eigenvalue weighted by molar-refractivity contribution is -0.122. The molecule has 1 aliphatic rings. The van der Waals surface area contributed by atoms with Crippen LogP contribution in [0.2, 0.25) is 5.02 Å². The van der Waals surface area contributed by atoms with E-state index in [0.29, 0.717) is 23.3 Å². The number of carbonyl (C=O) groups excluding carboxylic acids is 1. The van der Waals surface area contributed by atoms with Crippen LogP contribution in [0.1, 0.15) is 29.2 Å². The molecule has 7 heteroatoms. The van der Waals surface area contributed by atoms with Gasteiger partial charge in [0.05, 0.1) is 11.4 Å². The smallest absolute Gasteiger partial charge is 0.250 e. The highest BCUT2D eigenvalue weighted by Crippen LogP contribution is 2.30. The Bertz CT molecular complexity index is 959. The lowest BCUT2D eigenvalue weighted by Gasteiger charge is -2.00. The summed E-state index contributed by atoms with van der Waals surface area (Å²) in [5, 5.41) is 7.65. The van der Waals surface area contributed by atoms with Crippen molar-refractivity contribution in [1.82, 2.24) is 15.5 Å². The first-order chi connectivity index (χ1) is 12.7. The Morgan fingerprint density at radius 1 is 1.27 bits per heavy atom. The number of hydrogen-bond acceptors (Lipinski definition) is 5. The number of amides is 1. The van der Waals surface area contributed by atoms with Crippen molar-refractivity contribution in [3.8, 4) is 10.7 Å². The van der Waals surface area contributed by atoms with Crippen LogP contribution >= 0.6 is 22.9 Å². The van der Waals surface area contributed by atoms with Gasteiger partial charge in [0, 0.05) is 21.9 Å². The number of benzene rings is 1. The molecule has 4 rings (SSSR count). The summed E-state index contributed by atoms with van der Waals surface area (Å²) in [6.07, 6.45) is 5.60. The molecule has 2 aromatic heterocycles. The number of carbonyl (C=O) groups is 1. The van der Waals surface area contributed by atoms with E-state index in [9.17, 15) is 4.79 Å². The van der Waals surface area contributed by atoms with Crippen molar-refractivity contribution in [3.63, 3.8) is 0 Å². The van der Waals surface area contributed by atoms with Crippen molar-refractivity contribution in [2.24, 2.45) is 5.92 Å². The van der Waals surface area contributed by atoms with Crippen molar-refractivity contribution in [2.75, 3.05) is 0 Å².